The van der Waals surface area contributed by atoms with Gasteiger partial charge in [-0.1, -0.05) is 6.92 Å². The third-order valence-electron chi connectivity index (χ3n) is 4.58. The number of carbonyl (C=O) groups is 1. The van der Waals surface area contributed by atoms with Gasteiger partial charge in [0.05, 0.1) is 0 Å². The Bertz CT molecular complexity index is 542. The van der Waals surface area contributed by atoms with Gasteiger partial charge in [0.2, 0.25) is 0 Å². The third-order valence-corrected chi connectivity index (χ3v) is 4.58. The molecule has 1 fully saturated rings. The molecule has 1 aliphatic rings. The lowest BCUT2D eigenvalue weighted by molar-refractivity contribution is -0.136. The van der Waals surface area contributed by atoms with Crippen molar-refractivity contribution in [2.45, 2.75) is 46.1 Å². The molecule has 1 aromatic rings. The highest BCUT2D eigenvalue weighted by Gasteiger charge is 2.27. The number of hydrogen-bond acceptors (Lipinski definition) is 4. The van der Waals surface area contributed by atoms with Crippen LogP contribution in [0.2, 0.25) is 0 Å². The number of benzene rings is 1. The molecule has 0 radical (unpaired) electrons. The van der Waals surface area contributed by atoms with Gasteiger partial charge in [0.1, 0.15) is 18.0 Å². The summed E-state index contributed by atoms with van der Waals surface area (Å²) >= 11 is 0. The van der Waals surface area contributed by atoms with Crippen LogP contribution in [-0.2, 0) is 9.53 Å². The van der Waals surface area contributed by atoms with E-state index in [1.807, 2.05) is 31.2 Å². The van der Waals surface area contributed by atoms with Gasteiger partial charge < -0.3 is 14.8 Å². The number of piperidine rings is 1. The molecule has 2 rings (SSSR count). The highest BCUT2D eigenvalue weighted by atomic mass is 16.5. The fraction of sp³-hybridized carbons (Fsp3) is 0.650. The largest absolute Gasteiger partial charge is 0.492 e. The van der Waals surface area contributed by atoms with Crippen molar-refractivity contribution >= 4 is 11.6 Å². The van der Waals surface area contributed by atoms with Crippen LogP contribution in [0.1, 0.15) is 40.5 Å². The molecule has 140 valence electrons. The van der Waals surface area contributed by atoms with Crippen LogP contribution in [0.5, 0.6) is 5.75 Å². The van der Waals surface area contributed by atoms with Crippen LogP contribution < -0.4 is 10.1 Å². The standard InChI is InChI=1S/C20H32N2O3/c1-5-25-20(3,4)19(23)21-17-8-10-18(11-9-17)24-14-13-22-12-6-7-16(2)15-22/h8-11,16H,5-7,12-15H2,1-4H3,(H,21,23). The molecule has 1 aliphatic heterocycles. The van der Waals surface area contributed by atoms with E-state index in [9.17, 15) is 4.79 Å². The zero-order valence-corrected chi connectivity index (χ0v) is 16.0. The molecule has 1 saturated heterocycles. The summed E-state index contributed by atoms with van der Waals surface area (Å²) in [5.41, 5.74) is -0.0924. The van der Waals surface area contributed by atoms with E-state index in [2.05, 4.69) is 17.1 Å². The molecule has 0 aromatic heterocycles. The molecule has 0 bridgehead atoms. The van der Waals surface area contributed by atoms with Gasteiger partial charge in [0, 0.05) is 25.4 Å². The first-order chi connectivity index (χ1) is 11.9. The molecule has 5 nitrogen and oxygen atoms in total. The fourth-order valence-corrected chi connectivity index (χ4v) is 3.12. The van der Waals surface area contributed by atoms with Crippen LogP contribution >= 0.6 is 0 Å². The first-order valence-electron chi connectivity index (χ1n) is 9.31. The lowest BCUT2D eigenvalue weighted by Gasteiger charge is -2.30. The predicted octanol–water partition coefficient (Wildman–Crippen LogP) is 3.55. The summed E-state index contributed by atoms with van der Waals surface area (Å²) in [4.78, 5) is 14.7. The second-order valence-electron chi connectivity index (χ2n) is 7.32. The minimum atomic E-state index is -0.838. The van der Waals surface area contributed by atoms with Gasteiger partial charge in [-0.2, -0.15) is 0 Å². The number of amides is 1. The van der Waals surface area contributed by atoms with Crippen molar-refractivity contribution in [3.8, 4) is 5.75 Å². The first kappa shape index (κ1) is 19.7. The van der Waals surface area contributed by atoms with Gasteiger partial charge in [-0.3, -0.25) is 9.69 Å². The fourth-order valence-electron chi connectivity index (χ4n) is 3.12. The van der Waals surface area contributed by atoms with Gasteiger partial charge in [0.15, 0.2) is 0 Å². The Morgan fingerprint density at radius 2 is 2.04 bits per heavy atom. The first-order valence-corrected chi connectivity index (χ1v) is 9.31. The van der Waals surface area contributed by atoms with E-state index in [0.29, 0.717) is 13.2 Å². The molecule has 1 unspecified atom stereocenters. The Hall–Kier alpha value is -1.59. The van der Waals surface area contributed by atoms with Crippen LogP contribution in [0, 0.1) is 5.92 Å². The number of carbonyl (C=O) groups excluding carboxylic acids is 1. The van der Waals surface area contributed by atoms with Crippen molar-refractivity contribution in [3.63, 3.8) is 0 Å². The Kier molecular flexibility index (Phi) is 7.26. The van der Waals surface area contributed by atoms with Crippen molar-refractivity contribution in [2.24, 2.45) is 5.92 Å². The maximum Gasteiger partial charge on any atom is 0.256 e. The Morgan fingerprint density at radius 3 is 2.68 bits per heavy atom. The zero-order valence-electron chi connectivity index (χ0n) is 16.0. The molecule has 25 heavy (non-hydrogen) atoms. The van der Waals surface area contributed by atoms with Crippen molar-refractivity contribution < 1.29 is 14.3 Å². The van der Waals surface area contributed by atoms with E-state index in [0.717, 1.165) is 23.9 Å². The zero-order chi connectivity index (χ0) is 18.3. The van der Waals surface area contributed by atoms with E-state index < -0.39 is 5.60 Å². The van der Waals surface area contributed by atoms with E-state index in [4.69, 9.17) is 9.47 Å². The SMILES string of the molecule is CCOC(C)(C)C(=O)Nc1ccc(OCCN2CCCC(C)C2)cc1. The summed E-state index contributed by atoms with van der Waals surface area (Å²) in [5, 5.41) is 2.88. The second kappa shape index (κ2) is 9.20. The quantitative estimate of drug-likeness (QED) is 0.780. The summed E-state index contributed by atoms with van der Waals surface area (Å²) in [7, 11) is 0. The Labute approximate surface area is 151 Å². The van der Waals surface area contributed by atoms with E-state index in [-0.39, 0.29) is 5.91 Å². The van der Waals surface area contributed by atoms with E-state index in [1.54, 1.807) is 13.8 Å². The molecule has 5 heteroatoms. The van der Waals surface area contributed by atoms with Gasteiger partial charge in [-0.25, -0.2) is 0 Å². The van der Waals surface area contributed by atoms with Crippen LogP contribution in [-0.4, -0.2) is 49.3 Å². The minimum Gasteiger partial charge on any atom is -0.492 e. The lowest BCUT2D eigenvalue weighted by atomic mass is 10.0. The summed E-state index contributed by atoms with van der Waals surface area (Å²) in [5.74, 6) is 1.46. The molecular formula is C20H32N2O3. The minimum absolute atomic E-state index is 0.151. The number of nitrogens with zero attached hydrogens (tertiary/aromatic N) is 1. The lowest BCUT2D eigenvalue weighted by Crippen LogP contribution is -2.39. The Morgan fingerprint density at radius 1 is 1.32 bits per heavy atom. The number of nitrogens with one attached hydrogen (secondary N) is 1. The van der Waals surface area contributed by atoms with Gasteiger partial charge in [0.25, 0.3) is 5.91 Å². The van der Waals surface area contributed by atoms with E-state index >= 15 is 0 Å². The molecule has 0 aliphatic carbocycles. The molecular weight excluding hydrogens is 316 g/mol. The molecule has 1 N–H and O–H groups in total. The van der Waals surface area contributed by atoms with E-state index in [1.165, 1.54) is 25.9 Å². The van der Waals surface area contributed by atoms with Crippen LogP contribution in [0.4, 0.5) is 5.69 Å². The summed E-state index contributed by atoms with van der Waals surface area (Å²) in [6.07, 6.45) is 2.62. The molecule has 1 heterocycles. The van der Waals surface area contributed by atoms with Gasteiger partial charge in [-0.05, 0) is 70.3 Å². The van der Waals surface area contributed by atoms with Crippen molar-refractivity contribution in [2.75, 3.05) is 38.2 Å². The predicted molar refractivity (Wildman–Crippen MR) is 101 cm³/mol. The molecule has 1 amide bonds. The summed E-state index contributed by atoms with van der Waals surface area (Å²) < 4.78 is 11.3. The topological polar surface area (TPSA) is 50.8 Å². The van der Waals surface area contributed by atoms with Crippen molar-refractivity contribution in [3.05, 3.63) is 24.3 Å². The van der Waals surface area contributed by atoms with Crippen molar-refractivity contribution in [1.82, 2.24) is 4.90 Å². The smallest absolute Gasteiger partial charge is 0.256 e. The molecule has 1 aromatic carbocycles. The summed E-state index contributed by atoms with van der Waals surface area (Å²) in [6.45, 7) is 12.2. The maximum atomic E-state index is 12.2. The molecule has 0 spiro atoms. The average molecular weight is 348 g/mol. The average Bonchev–Trinajstić information content (AvgIpc) is 2.56. The van der Waals surface area contributed by atoms with Crippen LogP contribution in [0.25, 0.3) is 0 Å². The molecule has 1 atom stereocenters. The number of rotatable bonds is 8. The van der Waals surface area contributed by atoms with Gasteiger partial charge >= 0.3 is 0 Å². The van der Waals surface area contributed by atoms with Crippen LogP contribution in [0.15, 0.2) is 24.3 Å². The highest BCUT2D eigenvalue weighted by molar-refractivity contribution is 5.96. The molecule has 0 saturated carbocycles. The van der Waals surface area contributed by atoms with Gasteiger partial charge in [-0.15, -0.1) is 0 Å². The second-order valence-corrected chi connectivity index (χ2v) is 7.32. The number of anilines is 1. The van der Waals surface area contributed by atoms with Crippen molar-refractivity contribution in [1.29, 1.82) is 0 Å². The monoisotopic (exact) mass is 348 g/mol. The normalized spacial score (nSPS) is 18.8. The maximum absolute atomic E-state index is 12.2. The summed E-state index contributed by atoms with van der Waals surface area (Å²) in [6, 6.07) is 7.50. The highest BCUT2D eigenvalue weighted by Crippen LogP contribution is 2.19. The number of hydrogen-bond donors (Lipinski definition) is 1. The third kappa shape index (κ3) is 6.33. The number of ether oxygens (including phenoxy) is 2. The Balaban J connectivity index is 1.76. The number of likely N-dealkylation sites (tertiary alicyclic amines) is 1. The van der Waals surface area contributed by atoms with Crippen LogP contribution in [0.3, 0.4) is 0 Å².